The molecule has 0 unspecified atom stereocenters. The van der Waals surface area contributed by atoms with Gasteiger partial charge in [0.25, 0.3) is 11.5 Å². The van der Waals surface area contributed by atoms with E-state index in [0.717, 1.165) is 44.0 Å². The summed E-state index contributed by atoms with van der Waals surface area (Å²) in [6.07, 6.45) is 3.28. The number of thioether (sulfide) groups is 1. The van der Waals surface area contributed by atoms with Crippen molar-refractivity contribution in [2.45, 2.75) is 33.2 Å². The van der Waals surface area contributed by atoms with Crippen molar-refractivity contribution in [1.82, 2.24) is 14.4 Å². The Bertz CT molecular complexity index is 1050. The van der Waals surface area contributed by atoms with Crippen LogP contribution in [-0.2, 0) is 16.1 Å². The van der Waals surface area contributed by atoms with Crippen LogP contribution in [0.4, 0.5) is 5.82 Å². The van der Waals surface area contributed by atoms with Crippen molar-refractivity contribution in [3.8, 4) is 6.07 Å². The predicted octanol–water partition coefficient (Wildman–Crippen LogP) is 2.43. The Kier molecular flexibility index (Phi) is 8.70. The minimum Gasteiger partial charge on any atom is -0.385 e. The lowest BCUT2D eigenvalue weighted by Gasteiger charge is -2.36. The Balaban J connectivity index is 2.13. The molecule has 0 atom stereocenters. The van der Waals surface area contributed by atoms with Gasteiger partial charge in [-0.2, -0.15) is 5.26 Å². The molecule has 1 amide bonds. The molecule has 1 aromatic rings. The smallest absolute Gasteiger partial charge is 0.270 e. The zero-order chi connectivity index (χ0) is 24.1. The van der Waals surface area contributed by atoms with Crippen LogP contribution in [-0.4, -0.2) is 78.1 Å². The molecule has 0 saturated carbocycles. The lowest BCUT2D eigenvalue weighted by atomic mass is 10.0. The van der Waals surface area contributed by atoms with Crippen LogP contribution >= 0.6 is 24.0 Å². The van der Waals surface area contributed by atoms with Crippen molar-refractivity contribution in [1.29, 1.82) is 5.26 Å². The Morgan fingerprint density at radius 3 is 2.52 bits per heavy atom. The highest BCUT2D eigenvalue weighted by Gasteiger charge is 2.33. The standard InChI is InChI=1S/C23H31N5O3S2/c1-5-7-27-20(26-11-9-25(3)10-12-26)17(16(2)18(15-24)21(27)29)14-19-22(30)28(23(32)33-19)8-6-13-31-4/h14H,5-13H2,1-4H3. The van der Waals surface area contributed by atoms with Crippen LogP contribution in [0.25, 0.3) is 6.08 Å². The van der Waals surface area contributed by atoms with Crippen LogP contribution in [0.3, 0.4) is 0 Å². The van der Waals surface area contributed by atoms with Crippen molar-refractivity contribution in [3.05, 3.63) is 31.9 Å². The first-order valence-corrected chi connectivity index (χ1v) is 12.4. The molecular weight excluding hydrogens is 458 g/mol. The van der Waals surface area contributed by atoms with Crippen molar-refractivity contribution in [2.75, 3.05) is 58.4 Å². The Labute approximate surface area is 204 Å². The largest absolute Gasteiger partial charge is 0.385 e. The molecule has 8 nitrogen and oxygen atoms in total. The van der Waals surface area contributed by atoms with Gasteiger partial charge in [-0.3, -0.25) is 19.1 Å². The average Bonchev–Trinajstić information content (AvgIpc) is 3.06. The number of nitriles is 1. The molecule has 0 spiro atoms. The van der Waals surface area contributed by atoms with E-state index in [4.69, 9.17) is 17.0 Å². The highest BCUT2D eigenvalue weighted by atomic mass is 32.2. The number of hydrogen-bond acceptors (Lipinski definition) is 8. The first kappa shape index (κ1) is 25.4. The number of amides is 1. The van der Waals surface area contributed by atoms with E-state index in [1.807, 2.05) is 13.0 Å². The zero-order valence-corrected chi connectivity index (χ0v) is 21.4. The Morgan fingerprint density at radius 2 is 1.91 bits per heavy atom. The van der Waals surface area contributed by atoms with Crippen molar-refractivity contribution >= 4 is 46.1 Å². The van der Waals surface area contributed by atoms with Gasteiger partial charge in [0.15, 0.2) is 0 Å². The number of piperazine rings is 1. The molecule has 2 aliphatic heterocycles. The maximum atomic E-state index is 13.2. The summed E-state index contributed by atoms with van der Waals surface area (Å²) < 4.78 is 7.33. The van der Waals surface area contributed by atoms with Crippen LogP contribution in [0.5, 0.6) is 0 Å². The lowest BCUT2D eigenvalue weighted by molar-refractivity contribution is -0.122. The molecule has 2 fully saturated rings. The summed E-state index contributed by atoms with van der Waals surface area (Å²) in [4.78, 5) is 32.9. The van der Waals surface area contributed by atoms with Crippen LogP contribution in [0, 0.1) is 18.3 Å². The summed E-state index contributed by atoms with van der Waals surface area (Å²) in [6, 6.07) is 2.10. The molecule has 2 saturated heterocycles. The number of likely N-dealkylation sites (N-methyl/N-ethyl adjacent to an activating group) is 1. The maximum Gasteiger partial charge on any atom is 0.270 e. The Morgan fingerprint density at radius 1 is 1.21 bits per heavy atom. The van der Waals surface area contributed by atoms with E-state index in [1.54, 1.807) is 23.5 Å². The number of aromatic nitrogens is 1. The van der Waals surface area contributed by atoms with Crippen molar-refractivity contribution in [3.63, 3.8) is 0 Å². The van der Waals surface area contributed by atoms with Gasteiger partial charge in [0, 0.05) is 58.5 Å². The second-order valence-corrected chi connectivity index (χ2v) is 9.95. The molecule has 1 aromatic heterocycles. The maximum absolute atomic E-state index is 13.2. The van der Waals surface area contributed by atoms with Crippen LogP contribution in [0.2, 0.25) is 0 Å². The van der Waals surface area contributed by atoms with E-state index in [0.29, 0.717) is 40.9 Å². The van der Waals surface area contributed by atoms with E-state index in [9.17, 15) is 14.9 Å². The molecule has 178 valence electrons. The molecular formula is C23H31N5O3S2. The fraction of sp³-hybridized carbons (Fsp3) is 0.565. The third-order valence-corrected chi connectivity index (χ3v) is 7.35. The van der Waals surface area contributed by atoms with Gasteiger partial charge in [-0.1, -0.05) is 30.9 Å². The summed E-state index contributed by atoms with van der Waals surface area (Å²) >= 11 is 6.73. The number of thiocarbonyl (C=S) groups is 1. The number of methoxy groups -OCH3 is 1. The molecule has 2 aliphatic rings. The molecule has 0 aliphatic carbocycles. The quantitative estimate of drug-likeness (QED) is 0.313. The number of anilines is 1. The summed E-state index contributed by atoms with van der Waals surface area (Å²) in [5, 5.41) is 9.75. The molecule has 0 bridgehead atoms. The number of carbonyl (C=O) groups is 1. The number of nitrogens with zero attached hydrogens (tertiary/aromatic N) is 5. The second kappa shape index (κ2) is 11.3. The number of ether oxygens (including phenoxy) is 1. The number of hydrogen-bond donors (Lipinski definition) is 0. The molecule has 33 heavy (non-hydrogen) atoms. The summed E-state index contributed by atoms with van der Waals surface area (Å²) in [6.45, 7) is 8.65. The number of pyridine rings is 1. The van der Waals surface area contributed by atoms with E-state index >= 15 is 0 Å². The molecule has 0 N–H and O–H groups in total. The molecule has 3 heterocycles. The number of rotatable bonds is 8. The van der Waals surface area contributed by atoms with Crippen LogP contribution < -0.4 is 10.5 Å². The monoisotopic (exact) mass is 489 g/mol. The van der Waals surface area contributed by atoms with E-state index in [1.165, 1.54) is 11.8 Å². The van der Waals surface area contributed by atoms with Gasteiger partial charge in [0.1, 0.15) is 21.8 Å². The van der Waals surface area contributed by atoms with Gasteiger partial charge in [0.05, 0.1) is 4.91 Å². The normalized spacial score (nSPS) is 18.5. The highest BCUT2D eigenvalue weighted by Crippen LogP contribution is 2.36. The van der Waals surface area contributed by atoms with Gasteiger partial charge in [0.2, 0.25) is 0 Å². The highest BCUT2D eigenvalue weighted by molar-refractivity contribution is 8.26. The average molecular weight is 490 g/mol. The Hall–Kier alpha value is -2.19. The summed E-state index contributed by atoms with van der Waals surface area (Å²) in [7, 11) is 3.71. The van der Waals surface area contributed by atoms with Gasteiger partial charge >= 0.3 is 0 Å². The van der Waals surface area contributed by atoms with E-state index in [2.05, 4.69) is 22.9 Å². The molecule has 3 rings (SSSR count). The minimum absolute atomic E-state index is 0.128. The third kappa shape index (κ3) is 5.32. The summed E-state index contributed by atoms with van der Waals surface area (Å²) in [5.74, 6) is 0.646. The molecule has 0 radical (unpaired) electrons. The molecule has 10 heteroatoms. The molecule has 0 aromatic carbocycles. The second-order valence-electron chi connectivity index (χ2n) is 8.28. The fourth-order valence-electron chi connectivity index (χ4n) is 4.13. The van der Waals surface area contributed by atoms with Crippen LogP contribution in [0.1, 0.15) is 36.5 Å². The third-order valence-electron chi connectivity index (χ3n) is 5.98. The minimum atomic E-state index is -0.268. The topological polar surface area (TPSA) is 81.8 Å². The van der Waals surface area contributed by atoms with Crippen LogP contribution in [0.15, 0.2) is 9.70 Å². The summed E-state index contributed by atoms with van der Waals surface area (Å²) in [5.41, 5.74) is 1.22. The van der Waals surface area contributed by atoms with Gasteiger partial charge < -0.3 is 14.5 Å². The van der Waals surface area contributed by atoms with Gasteiger partial charge in [-0.25, -0.2) is 0 Å². The van der Waals surface area contributed by atoms with Crippen molar-refractivity contribution in [2.24, 2.45) is 0 Å². The fourth-order valence-corrected chi connectivity index (χ4v) is 5.42. The van der Waals surface area contributed by atoms with Crippen molar-refractivity contribution < 1.29 is 9.53 Å². The van der Waals surface area contributed by atoms with E-state index in [-0.39, 0.29) is 17.0 Å². The first-order chi connectivity index (χ1) is 15.8. The SMILES string of the molecule is CCCn1c(N2CCN(C)CC2)c(C=C2SC(=S)N(CCCOC)C2=O)c(C)c(C#N)c1=O. The lowest BCUT2D eigenvalue weighted by Crippen LogP contribution is -2.47. The first-order valence-electron chi connectivity index (χ1n) is 11.2. The van der Waals surface area contributed by atoms with Gasteiger partial charge in [-0.15, -0.1) is 0 Å². The zero-order valence-electron chi connectivity index (χ0n) is 19.7. The van der Waals surface area contributed by atoms with Gasteiger partial charge in [-0.05, 0) is 38.5 Å². The van der Waals surface area contributed by atoms with E-state index < -0.39 is 0 Å². The predicted molar refractivity (Wildman–Crippen MR) is 137 cm³/mol. The number of carbonyl (C=O) groups excluding carboxylic acids is 1.